The lowest BCUT2D eigenvalue weighted by molar-refractivity contribution is 0.112. The van der Waals surface area contributed by atoms with E-state index in [1.807, 2.05) is 26.0 Å². The van der Waals surface area contributed by atoms with Crippen LogP contribution in [0.2, 0.25) is 0 Å². The second kappa shape index (κ2) is 6.80. The van der Waals surface area contributed by atoms with Gasteiger partial charge in [0.15, 0.2) is 6.29 Å². The zero-order valence-corrected chi connectivity index (χ0v) is 14.9. The number of aryl methyl sites for hydroxylation is 2. The number of phenolic OH excluding ortho intramolecular Hbond substituents is 1. The average molecular weight is 332 g/mol. The van der Waals surface area contributed by atoms with Gasteiger partial charge in [0.25, 0.3) is 0 Å². The van der Waals surface area contributed by atoms with Gasteiger partial charge in [0, 0.05) is 16.3 Å². The highest BCUT2D eigenvalue weighted by Crippen LogP contribution is 2.48. The van der Waals surface area contributed by atoms with Crippen LogP contribution < -0.4 is 5.30 Å². The van der Waals surface area contributed by atoms with Crippen molar-refractivity contribution in [3.63, 3.8) is 0 Å². The number of carbonyl (C=O) groups is 1. The monoisotopic (exact) mass is 332 g/mol. The number of aromatic hydroxyl groups is 1. The number of phenols is 1. The lowest BCUT2D eigenvalue weighted by atomic mass is 9.93. The third-order valence-electron chi connectivity index (χ3n) is 4.30. The van der Waals surface area contributed by atoms with Crippen molar-refractivity contribution in [1.82, 2.24) is 0 Å². The second-order valence-electron chi connectivity index (χ2n) is 6.14. The van der Waals surface area contributed by atoms with Crippen LogP contribution in [0.1, 0.15) is 47.3 Å². The third kappa shape index (κ3) is 3.61. The average Bonchev–Trinajstić information content (AvgIpc) is 2.52. The van der Waals surface area contributed by atoms with E-state index in [0.717, 1.165) is 28.4 Å². The van der Waals surface area contributed by atoms with Crippen LogP contribution in [0.4, 0.5) is 4.39 Å². The Morgan fingerprint density at radius 1 is 1.26 bits per heavy atom. The van der Waals surface area contributed by atoms with Crippen LogP contribution in [0.15, 0.2) is 30.3 Å². The first-order valence-electron chi connectivity index (χ1n) is 7.64. The van der Waals surface area contributed by atoms with E-state index in [9.17, 15) is 14.3 Å². The topological polar surface area (TPSA) is 37.3 Å². The standard InChI is InChI=1S/C19H22FO2P/c1-5-19(4,16-9-12(2)8-13(3)18(16)22)23-17-7-6-15(20)10-14(17)11-21/h6-11,22-23H,5H2,1-4H3. The zero-order valence-electron chi connectivity index (χ0n) is 13.9. The Bertz CT molecular complexity index is 742. The molecule has 2 aromatic carbocycles. The van der Waals surface area contributed by atoms with E-state index in [0.29, 0.717) is 17.6 Å². The molecule has 0 aromatic heterocycles. The van der Waals surface area contributed by atoms with Gasteiger partial charge in [0.2, 0.25) is 0 Å². The van der Waals surface area contributed by atoms with Gasteiger partial charge in [0.1, 0.15) is 11.6 Å². The second-order valence-corrected chi connectivity index (χ2v) is 8.03. The van der Waals surface area contributed by atoms with E-state index >= 15 is 0 Å². The molecular weight excluding hydrogens is 310 g/mol. The molecule has 2 unspecified atom stereocenters. The van der Waals surface area contributed by atoms with Crippen LogP contribution in [-0.4, -0.2) is 11.4 Å². The van der Waals surface area contributed by atoms with E-state index in [1.165, 1.54) is 12.1 Å². The third-order valence-corrected chi connectivity index (χ3v) is 6.20. The van der Waals surface area contributed by atoms with Gasteiger partial charge in [-0.2, -0.15) is 0 Å². The van der Waals surface area contributed by atoms with E-state index in [4.69, 9.17) is 0 Å². The van der Waals surface area contributed by atoms with Crippen molar-refractivity contribution in [3.05, 3.63) is 58.4 Å². The number of rotatable bonds is 5. The van der Waals surface area contributed by atoms with Gasteiger partial charge in [-0.05, 0) is 43.3 Å². The van der Waals surface area contributed by atoms with E-state index < -0.39 is 5.82 Å². The van der Waals surface area contributed by atoms with E-state index in [-0.39, 0.29) is 13.7 Å². The van der Waals surface area contributed by atoms with Crippen molar-refractivity contribution < 1.29 is 14.3 Å². The van der Waals surface area contributed by atoms with E-state index in [2.05, 4.69) is 13.8 Å². The highest BCUT2D eigenvalue weighted by atomic mass is 31.1. The Kier molecular flexibility index (Phi) is 5.21. The number of aldehydes is 1. The molecule has 0 aliphatic heterocycles. The summed E-state index contributed by atoms with van der Waals surface area (Å²) in [6.45, 7) is 8.04. The molecular formula is C19H22FO2P. The van der Waals surface area contributed by atoms with Crippen molar-refractivity contribution in [1.29, 1.82) is 0 Å². The van der Waals surface area contributed by atoms with Gasteiger partial charge in [-0.15, -0.1) is 0 Å². The van der Waals surface area contributed by atoms with Gasteiger partial charge >= 0.3 is 0 Å². The molecule has 0 fully saturated rings. The Morgan fingerprint density at radius 3 is 2.57 bits per heavy atom. The summed E-state index contributed by atoms with van der Waals surface area (Å²) < 4.78 is 13.3. The molecule has 0 aliphatic rings. The first-order chi connectivity index (χ1) is 10.8. The summed E-state index contributed by atoms with van der Waals surface area (Å²) >= 11 is 0. The Morgan fingerprint density at radius 2 is 1.96 bits per heavy atom. The van der Waals surface area contributed by atoms with Gasteiger partial charge in [0.05, 0.1) is 0 Å². The highest BCUT2D eigenvalue weighted by Gasteiger charge is 2.29. The van der Waals surface area contributed by atoms with Gasteiger partial charge < -0.3 is 5.11 Å². The summed E-state index contributed by atoms with van der Waals surface area (Å²) in [5.41, 5.74) is 3.21. The SMILES string of the molecule is CCC(C)(Pc1ccc(F)cc1C=O)c1cc(C)cc(C)c1O. The molecule has 0 heterocycles. The molecule has 2 nitrogen and oxygen atoms in total. The number of benzene rings is 2. The molecule has 122 valence electrons. The van der Waals surface area contributed by atoms with Gasteiger partial charge in [-0.1, -0.05) is 46.2 Å². The predicted molar refractivity (Wildman–Crippen MR) is 95.0 cm³/mol. The normalized spacial score (nSPS) is 14.1. The lowest BCUT2D eigenvalue weighted by Crippen LogP contribution is -2.20. The molecule has 23 heavy (non-hydrogen) atoms. The predicted octanol–water partition coefficient (Wildman–Crippen LogP) is 4.59. The number of hydrogen-bond donors (Lipinski definition) is 1. The maximum absolute atomic E-state index is 13.3. The van der Waals surface area contributed by atoms with Gasteiger partial charge in [-0.25, -0.2) is 4.39 Å². The first kappa shape index (κ1) is 17.6. The van der Waals surface area contributed by atoms with E-state index in [1.54, 1.807) is 6.07 Å². The first-order valence-corrected chi connectivity index (χ1v) is 8.64. The zero-order chi connectivity index (χ0) is 17.2. The summed E-state index contributed by atoms with van der Waals surface area (Å²) in [4.78, 5) is 11.3. The maximum atomic E-state index is 13.3. The molecule has 4 heteroatoms. The summed E-state index contributed by atoms with van der Waals surface area (Å²) in [5, 5.41) is 11.0. The number of hydrogen-bond acceptors (Lipinski definition) is 2. The van der Waals surface area contributed by atoms with Crippen LogP contribution in [0.5, 0.6) is 5.75 Å². The molecule has 0 aliphatic carbocycles. The molecule has 0 spiro atoms. The van der Waals surface area contributed by atoms with Crippen LogP contribution in [0, 0.1) is 19.7 Å². The van der Waals surface area contributed by atoms with Crippen LogP contribution in [-0.2, 0) is 5.16 Å². The van der Waals surface area contributed by atoms with Crippen molar-refractivity contribution in [2.45, 2.75) is 39.3 Å². The van der Waals surface area contributed by atoms with Crippen molar-refractivity contribution in [3.8, 4) is 5.75 Å². The van der Waals surface area contributed by atoms with Crippen LogP contribution in [0.3, 0.4) is 0 Å². The smallest absolute Gasteiger partial charge is 0.150 e. The molecule has 2 rings (SSSR count). The Balaban J connectivity index is 2.52. The largest absolute Gasteiger partial charge is 0.507 e. The Labute approximate surface area is 138 Å². The fraction of sp³-hybridized carbons (Fsp3) is 0.316. The lowest BCUT2D eigenvalue weighted by Gasteiger charge is -2.31. The fourth-order valence-electron chi connectivity index (χ4n) is 2.77. The molecule has 0 amide bonds. The molecule has 0 radical (unpaired) electrons. The summed E-state index contributed by atoms with van der Waals surface area (Å²) in [6, 6.07) is 8.28. The highest BCUT2D eigenvalue weighted by molar-refractivity contribution is 7.48. The van der Waals surface area contributed by atoms with Crippen LogP contribution >= 0.6 is 8.58 Å². The minimum absolute atomic E-state index is 0.259. The molecule has 0 saturated heterocycles. The Hall–Kier alpha value is -1.73. The molecule has 0 saturated carbocycles. The molecule has 1 N–H and O–H groups in total. The van der Waals surface area contributed by atoms with Crippen molar-refractivity contribution >= 4 is 20.2 Å². The fourth-order valence-corrected chi connectivity index (χ4v) is 4.31. The van der Waals surface area contributed by atoms with Crippen LogP contribution in [0.25, 0.3) is 0 Å². The number of carbonyl (C=O) groups excluding carboxylic acids is 1. The van der Waals surface area contributed by atoms with Crippen molar-refractivity contribution in [2.75, 3.05) is 0 Å². The summed E-state index contributed by atoms with van der Waals surface area (Å²) in [7, 11) is 0.259. The summed E-state index contributed by atoms with van der Waals surface area (Å²) in [5.74, 6) is -0.102. The number of halogens is 1. The quantitative estimate of drug-likeness (QED) is 0.642. The van der Waals surface area contributed by atoms with Gasteiger partial charge in [-0.3, -0.25) is 4.79 Å². The minimum atomic E-state index is -0.409. The summed E-state index contributed by atoms with van der Waals surface area (Å²) in [6.07, 6.45) is 1.50. The molecule has 2 aromatic rings. The molecule has 2 atom stereocenters. The minimum Gasteiger partial charge on any atom is -0.507 e. The molecule has 0 bridgehead atoms. The van der Waals surface area contributed by atoms with Crippen molar-refractivity contribution in [2.24, 2.45) is 0 Å². The maximum Gasteiger partial charge on any atom is 0.150 e.